The zero-order valence-electron chi connectivity index (χ0n) is 7.58. The monoisotopic (exact) mass is 173 g/mol. The number of ketones is 1. The summed E-state index contributed by atoms with van der Waals surface area (Å²) in [5.41, 5.74) is 1.67. The van der Waals surface area contributed by atoms with Gasteiger partial charge in [0.2, 0.25) is 0 Å². The van der Waals surface area contributed by atoms with Crippen LogP contribution in [0, 0.1) is 12.3 Å². The summed E-state index contributed by atoms with van der Waals surface area (Å²) in [5, 5.41) is 0. The van der Waals surface area contributed by atoms with E-state index in [1.807, 2.05) is 6.92 Å². The molecule has 0 aliphatic rings. The molecule has 0 aliphatic carbocycles. The van der Waals surface area contributed by atoms with E-state index in [0.29, 0.717) is 5.56 Å². The number of aryl methyl sites for hydroxylation is 1. The minimum atomic E-state index is 0.00162. The summed E-state index contributed by atoms with van der Waals surface area (Å²) in [6.45, 7) is 1.99. The van der Waals surface area contributed by atoms with E-state index < -0.39 is 0 Å². The summed E-state index contributed by atoms with van der Waals surface area (Å²) < 4.78 is 0. The molecule has 0 spiro atoms. The standard InChI is InChI=1S/C11H11NO/c1-3-5-11(13)10-6-7-12-8-9(10)4-2/h1,6-8H,4-5H2,2H3. The van der Waals surface area contributed by atoms with Gasteiger partial charge in [-0.25, -0.2) is 0 Å². The van der Waals surface area contributed by atoms with E-state index in [4.69, 9.17) is 6.42 Å². The van der Waals surface area contributed by atoms with Crippen molar-refractivity contribution in [2.75, 3.05) is 0 Å². The number of nitrogens with zero attached hydrogens (tertiary/aromatic N) is 1. The van der Waals surface area contributed by atoms with Crippen LogP contribution in [0.15, 0.2) is 18.5 Å². The van der Waals surface area contributed by atoms with Gasteiger partial charge in [-0.2, -0.15) is 0 Å². The Morgan fingerprint density at radius 3 is 3.08 bits per heavy atom. The third-order valence-corrected chi connectivity index (χ3v) is 1.85. The summed E-state index contributed by atoms with van der Waals surface area (Å²) in [6.07, 6.45) is 9.37. The molecule has 0 amide bonds. The Hall–Kier alpha value is -1.62. The zero-order chi connectivity index (χ0) is 9.68. The number of hydrogen-bond acceptors (Lipinski definition) is 2. The Morgan fingerprint density at radius 1 is 1.69 bits per heavy atom. The predicted molar refractivity (Wildman–Crippen MR) is 51.4 cm³/mol. The van der Waals surface area contributed by atoms with E-state index in [-0.39, 0.29) is 12.2 Å². The Balaban J connectivity index is 3.00. The van der Waals surface area contributed by atoms with Crippen LogP contribution in [0.2, 0.25) is 0 Å². The minimum Gasteiger partial charge on any atom is -0.293 e. The third kappa shape index (κ3) is 2.16. The van der Waals surface area contributed by atoms with Gasteiger partial charge in [-0.05, 0) is 18.1 Å². The highest BCUT2D eigenvalue weighted by Crippen LogP contribution is 2.09. The number of hydrogen-bond donors (Lipinski definition) is 0. The molecule has 0 bridgehead atoms. The minimum absolute atomic E-state index is 0.00162. The molecule has 0 saturated heterocycles. The summed E-state index contributed by atoms with van der Waals surface area (Å²) in [6, 6.07) is 1.72. The van der Waals surface area contributed by atoms with Crippen molar-refractivity contribution >= 4 is 5.78 Å². The SMILES string of the molecule is C#CCC(=O)c1ccncc1CC. The van der Waals surface area contributed by atoms with Crippen molar-refractivity contribution in [2.45, 2.75) is 19.8 Å². The fourth-order valence-corrected chi connectivity index (χ4v) is 1.17. The van der Waals surface area contributed by atoms with E-state index in [1.54, 1.807) is 18.5 Å². The van der Waals surface area contributed by atoms with Crippen LogP contribution in [0.3, 0.4) is 0 Å². The van der Waals surface area contributed by atoms with Gasteiger partial charge in [0, 0.05) is 18.0 Å². The van der Waals surface area contributed by atoms with Gasteiger partial charge < -0.3 is 0 Å². The fraction of sp³-hybridized carbons (Fsp3) is 0.273. The molecule has 1 aromatic heterocycles. The van der Waals surface area contributed by atoms with Gasteiger partial charge in [0.05, 0.1) is 6.42 Å². The maximum atomic E-state index is 11.5. The van der Waals surface area contributed by atoms with E-state index in [9.17, 15) is 4.79 Å². The van der Waals surface area contributed by atoms with E-state index >= 15 is 0 Å². The normalized spacial score (nSPS) is 9.23. The van der Waals surface area contributed by atoms with E-state index in [0.717, 1.165) is 12.0 Å². The molecule has 1 aromatic rings. The maximum Gasteiger partial charge on any atom is 0.175 e. The first-order chi connectivity index (χ1) is 6.29. The van der Waals surface area contributed by atoms with Crippen molar-refractivity contribution in [1.82, 2.24) is 4.98 Å². The number of rotatable bonds is 3. The highest BCUT2D eigenvalue weighted by Gasteiger charge is 2.07. The van der Waals surface area contributed by atoms with Crippen LogP contribution in [-0.4, -0.2) is 10.8 Å². The lowest BCUT2D eigenvalue weighted by atomic mass is 10.0. The molecule has 66 valence electrons. The fourth-order valence-electron chi connectivity index (χ4n) is 1.17. The molecule has 2 heteroatoms. The van der Waals surface area contributed by atoms with Gasteiger partial charge in [-0.3, -0.25) is 9.78 Å². The van der Waals surface area contributed by atoms with Gasteiger partial charge >= 0.3 is 0 Å². The molecule has 0 atom stereocenters. The number of aromatic nitrogens is 1. The number of carbonyl (C=O) groups excluding carboxylic acids is 1. The highest BCUT2D eigenvalue weighted by atomic mass is 16.1. The largest absolute Gasteiger partial charge is 0.293 e. The number of pyridine rings is 1. The summed E-state index contributed by atoms with van der Waals surface area (Å²) in [7, 11) is 0. The van der Waals surface area contributed by atoms with Crippen LogP contribution in [0.4, 0.5) is 0 Å². The molecule has 0 fully saturated rings. The van der Waals surface area contributed by atoms with Crippen LogP contribution in [0.25, 0.3) is 0 Å². The molecule has 1 rings (SSSR count). The van der Waals surface area contributed by atoms with Gasteiger partial charge in [0.15, 0.2) is 5.78 Å². The molecule has 0 N–H and O–H groups in total. The van der Waals surface area contributed by atoms with Crippen molar-refractivity contribution in [3.8, 4) is 12.3 Å². The molecule has 0 radical (unpaired) electrons. The van der Waals surface area contributed by atoms with Crippen molar-refractivity contribution < 1.29 is 4.79 Å². The van der Waals surface area contributed by atoms with Crippen LogP contribution < -0.4 is 0 Å². The lowest BCUT2D eigenvalue weighted by Gasteiger charge is -2.02. The van der Waals surface area contributed by atoms with E-state index in [1.165, 1.54) is 0 Å². The lowest BCUT2D eigenvalue weighted by molar-refractivity contribution is 0.0997. The average Bonchev–Trinajstić information content (AvgIpc) is 2.18. The quantitative estimate of drug-likeness (QED) is 0.515. The van der Waals surface area contributed by atoms with Gasteiger partial charge in [0.1, 0.15) is 0 Å². The lowest BCUT2D eigenvalue weighted by Crippen LogP contribution is -2.02. The second-order valence-electron chi connectivity index (χ2n) is 2.69. The van der Waals surface area contributed by atoms with Crippen LogP contribution in [-0.2, 0) is 6.42 Å². The second-order valence-corrected chi connectivity index (χ2v) is 2.69. The first kappa shape index (κ1) is 9.47. The number of carbonyl (C=O) groups is 1. The van der Waals surface area contributed by atoms with Gasteiger partial charge in [0.25, 0.3) is 0 Å². The zero-order valence-corrected chi connectivity index (χ0v) is 7.58. The Labute approximate surface area is 78.0 Å². The number of terminal acetylenes is 1. The highest BCUT2D eigenvalue weighted by molar-refractivity contribution is 5.98. The van der Waals surface area contributed by atoms with Crippen LogP contribution >= 0.6 is 0 Å². The first-order valence-electron chi connectivity index (χ1n) is 4.19. The van der Waals surface area contributed by atoms with E-state index in [2.05, 4.69) is 10.9 Å². The molecule has 13 heavy (non-hydrogen) atoms. The summed E-state index contributed by atoms with van der Waals surface area (Å²) in [5.74, 6) is 2.35. The first-order valence-corrected chi connectivity index (χ1v) is 4.19. The smallest absolute Gasteiger partial charge is 0.175 e. The van der Waals surface area contributed by atoms with Crippen molar-refractivity contribution in [1.29, 1.82) is 0 Å². The predicted octanol–water partition coefficient (Wildman–Crippen LogP) is 1.85. The molecule has 1 heterocycles. The summed E-state index contributed by atoms with van der Waals surface area (Å²) >= 11 is 0. The third-order valence-electron chi connectivity index (χ3n) is 1.85. The molecular formula is C11H11NO. The van der Waals surface area contributed by atoms with Gasteiger partial charge in [-0.15, -0.1) is 6.42 Å². The Bertz CT molecular complexity index is 349. The molecule has 0 aromatic carbocycles. The average molecular weight is 173 g/mol. The molecule has 0 aliphatic heterocycles. The van der Waals surface area contributed by atoms with Crippen molar-refractivity contribution in [3.63, 3.8) is 0 Å². The summed E-state index contributed by atoms with van der Waals surface area (Å²) in [4.78, 5) is 15.4. The Kier molecular flexibility index (Phi) is 3.22. The molecule has 0 unspecified atom stereocenters. The van der Waals surface area contributed by atoms with Crippen molar-refractivity contribution in [2.24, 2.45) is 0 Å². The maximum absolute atomic E-state index is 11.5. The Morgan fingerprint density at radius 2 is 2.46 bits per heavy atom. The van der Waals surface area contributed by atoms with Crippen molar-refractivity contribution in [3.05, 3.63) is 29.6 Å². The number of Topliss-reactive ketones (excluding diaryl/α,β-unsaturated/α-hetero) is 1. The molecule has 2 nitrogen and oxygen atoms in total. The molecule has 0 saturated carbocycles. The van der Waals surface area contributed by atoms with Gasteiger partial charge in [-0.1, -0.05) is 12.8 Å². The molecular weight excluding hydrogens is 162 g/mol. The second kappa shape index (κ2) is 4.42. The topological polar surface area (TPSA) is 30.0 Å². The van der Waals surface area contributed by atoms with Crippen LogP contribution in [0.1, 0.15) is 29.3 Å². The van der Waals surface area contributed by atoms with Crippen LogP contribution in [0.5, 0.6) is 0 Å².